The third kappa shape index (κ3) is 32.4. The average molecular weight is 717 g/mol. The molecule has 0 spiro atoms. The van der Waals surface area contributed by atoms with Gasteiger partial charge >= 0.3 is 7.75 Å². The second-order valence-corrected chi connectivity index (χ2v) is 17.0. The predicted molar refractivity (Wildman–Crippen MR) is 216 cm³/mol. The highest BCUT2D eigenvalue weighted by Gasteiger charge is 2.28. The summed E-state index contributed by atoms with van der Waals surface area (Å²) in [5.41, 5.74) is 0. The molecule has 0 aliphatic heterocycles. The molecular weight excluding hydrogens is 627 g/mol. The number of nitrogens with zero attached hydrogens (tertiary/aromatic N) is 1. The second-order valence-electron chi connectivity index (χ2n) is 15.2. The Balaban J connectivity index is 5.53. The van der Waals surface area contributed by atoms with Crippen LogP contribution in [-0.2, 0) is 13.6 Å². The Morgan fingerprint density at radius 1 is 0.490 bits per heavy atom. The van der Waals surface area contributed by atoms with Crippen LogP contribution in [0.1, 0.15) is 214 Å². The van der Waals surface area contributed by atoms with Crippen molar-refractivity contribution in [1.82, 2.24) is 9.99 Å². The van der Waals surface area contributed by atoms with Crippen LogP contribution in [-0.4, -0.2) is 56.0 Å². The van der Waals surface area contributed by atoms with E-state index in [1.54, 1.807) is 0 Å². The monoisotopic (exact) mass is 717 g/mol. The Bertz CT molecular complexity index is 658. The normalized spacial score (nSPS) is 14.4. The standard InChI is InChI=1S/C42H89N2O4P/c1-6-11-16-21-23-27-32-41(30-25-18-13-8-3)39-47-49(46,43-34-36-44(37-38-45)35-29-20-15-10-5)48-40-42(31-26-19-14-9-4)33-28-24-22-17-12-7-2/h41-42,45H,6-40H2,1-5H3,(H,43,46). The van der Waals surface area contributed by atoms with Gasteiger partial charge in [-0.15, -0.1) is 0 Å². The number of aliphatic hydroxyl groups is 1. The van der Waals surface area contributed by atoms with E-state index in [0.29, 0.717) is 38.1 Å². The summed E-state index contributed by atoms with van der Waals surface area (Å²) in [6.45, 7) is 15.4. The summed E-state index contributed by atoms with van der Waals surface area (Å²) in [6.07, 6.45) is 35.1. The molecule has 0 aromatic rings. The Hall–Kier alpha value is 0.0300. The van der Waals surface area contributed by atoms with Crippen molar-refractivity contribution in [3.63, 3.8) is 0 Å². The van der Waals surface area contributed by atoms with Gasteiger partial charge in [-0.1, -0.05) is 182 Å². The number of unbranched alkanes of at least 4 members (excludes halogenated alkanes) is 19. The van der Waals surface area contributed by atoms with Crippen LogP contribution in [0.2, 0.25) is 0 Å². The second kappa shape index (κ2) is 37.8. The van der Waals surface area contributed by atoms with Crippen LogP contribution in [0.25, 0.3) is 0 Å². The Kier molecular flexibility index (Phi) is 37.8. The predicted octanol–water partition coefficient (Wildman–Crippen LogP) is 13.3. The molecule has 0 heterocycles. The molecule has 0 saturated carbocycles. The molecule has 7 heteroatoms. The van der Waals surface area contributed by atoms with Crippen molar-refractivity contribution in [3.8, 4) is 0 Å². The maximum atomic E-state index is 14.5. The van der Waals surface area contributed by atoms with Gasteiger partial charge in [0.2, 0.25) is 0 Å². The van der Waals surface area contributed by atoms with E-state index in [1.165, 1.54) is 148 Å². The summed E-state index contributed by atoms with van der Waals surface area (Å²) in [5, 5.41) is 13.0. The van der Waals surface area contributed by atoms with E-state index in [2.05, 4.69) is 44.6 Å². The van der Waals surface area contributed by atoms with Crippen molar-refractivity contribution in [1.29, 1.82) is 0 Å². The minimum atomic E-state index is -3.48. The molecule has 49 heavy (non-hydrogen) atoms. The van der Waals surface area contributed by atoms with Crippen LogP contribution in [0, 0.1) is 11.8 Å². The molecule has 2 atom stereocenters. The fourth-order valence-corrected chi connectivity index (χ4v) is 8.33. The summed E-state index contributed by atoms with van der Waals surface area (Å²) in [6, 6.07) is 0. The zero-order valence-corrected chi connectivity index (χ0v) is 34.9. The average Bonchev–Trinajstić information content (AvgIpc) is 3.10. The first-order valence-corrected chi connectivity index (χ1v) is 23.5. The SMILES string of the molecule is CCCCCCCCC(CCCCCC)COP(=O)(NCCN(CCO)CCCCCC)OCC(CCCCCC)CCCCCCCC. The molecule has 0 aliphatic carbocycles. The van der Waals surface area contributed by atoms with Crippen LogP contribution in [0.4, 0.5) is 0 Å². The third-order valence-corrected chi connectivity index (χ3v) is 11.9. The molecule has 0 aromatic carbocycles. The first kappa shape index (κ1) is 49.0. The van der Waals surface area contributed by atoms with Crippen LogP contribution in [0.15, 0.2) is 0 Å². The van der Waals surface area contributed by atoms with E-state index < -0.39 is 7.75 Å². The van der Waals surface area contributed by atoms with E-state index in [1.807, 2.05) is 0 Å². The maximum absolute atomic E-state index is 14.5. The van der Waals surface area contributed by atoms with Gasteiger partial charge in [0.25, 0.3) is 0 Å². The van der Waals surface area contributed by atoms with Crippen LogP contribution in [0.5, 0.6) is 0 Å². The number of aliphatic hydroxyl groups excluding tert-OH is 1. The quantitative estimate of drug-likeness (QED) is 0.0485. The molecule has 0 amide bonds. The van der Waals surface area contributed by atoms with Gasteiger partial charge in [0.1, 0.15) is 0 Å². The minimum Gasteiger partial charge on any atom is -0.395 e. The van der Waals surface area contributed by atoms with Gasteiger partial charge in [0, 0.05) is 19.6 Å². The highest BCUT2D eigenvalue weighted by atomic mass is 31.2. The van der Waals surface area contributed by atoms with Gasteiger partial charge in [0.05, 0.1) is 19.8 Å². The Morgan fingerprint density at radius 2 is 0.837 bits per heavy atom. The fraction of sp³-hybridized carbons (Fsp3) is 1.00. The van der Waals surface area contributed by atoms with Crippen LogP contribution < -0.4 is 5.09 Å². The molecule has 0 aromatic heterocycles. The largest absolute Gasteiger partial charge is 0.405 e. The summed E-state index contributed by atoms with van der Waals surface area (Å²) in [4.78, 5) is 2.29. The van der Waals surface area contributed by atoms with Gasteiger partial charge in [0.15, 0.2) is 0 Å². The van der Waals surface area contributed by atoms with E-state index in [-0.39, 0.29) is 6.61 Å². The molecule has 296 valence electrons. The molecule has 0 bridgehead atoms. The molecule has 0 rings (SSSR count). The van der Waals surface area contributed by atoms with E-state index in [4.69, 9.17) is 9.05 Å². The lowest BCUT2D eigenvalue weighted by Gasteiger charge is -2.27. The smallest absolute Gasteiger partial charge is 0.395 e. The van der Waals surface area contributed by atoms with Gasteiger partial charge in [-0.3, -0.25) is 13.9 Å². The molecule has 0 saturated heterocycles. The van der Waals surface area contributed by atoms with Gasteiger partial charge in [-0.2, -0.15) is 0 Å². The van der Waals surface area contributed by atoms with E-state index >= 15 is 0 Å². The summed E-state index contributed by atoms with van der Waals surface area (Å²) >= 11 is 0. The number of rotatable bonds is 41. The maximum Gasteiger partial charge on any atom is 0.405 e. The zero-order valence-electron chi connectivity index (χ0n) is 34.0. The third-order valence-electron chi connectivity index (χ3n) is 10.3. The van der Waals surface area contributed by atoms with Crippen molar-refractivity contribution in [3.05, 3.63) is 0 Å². The highest BCUT2D eigenvalue weighted by molar-refractivity contribution is 7.51. The zero-order chi connectivity index (χ0) is 36.1. The lowest BCUT2D eigenvalue weighted by Crippen LogP contribution is -2.35. The van der Waals surface area contributed by atoms with Crippen LogP contribution in [0.3, 0.4) is 0 Å². The van der Waals surface area contributed by atoms with Crippen molar-refractivity contribution in [2.75, 3.05) is 46.0 Å². The van der Waals surface area contributed by atoms with Crippen molar-refractivity contribution in [2.24, 2.45) is 11.8 Å². The molecule has 0 aliphatic rings. The first-order chi connectivity index (χ1) is 24.0. The van der Waals surface area contributed by atoms with Gasteiger partial charge in [-0.05, 0) is 50.5 Å². The summed E-state index contributed by atoms with van der Waals surface area (Å²) < 4.78 is 27.3. The van der Waals surface area contributed by atoms with E-state index in [0.717, 1.165) is 45.2 Å². The van der Waals surface area contributed by atoms with Gasteiger partial charge in [-0.25, -0.2) is 9.65 Å². The van der Waals surface area contributed by atoms with Crippen molar-refractivity contribution < 1.29 is 18.7 Å². The number of hydrogen-bond acceptors (Lipinski definition) is 5. The summed E-state index contributed by atoms with van der Waals surface area (Å²) in [7, 11) is -3.48. The lowest BCUT2D eigenvalue weighted by atomic mass is 9.95. The van der Waals surface area contributed by atoms with E-state index in [9.17, 15) is 9.67 Å². The molecular formula is C42H89N2O4P. The van der Waals surface area contributed by atoms with Crippen molar-refractivity contribution in [2.45, 2.75) is 214 Å². The minimum absolute atomic E-state index is 0.148. The van der Waals surface area contributed by atoms with Crippen LogP contribution >= 0.6 is 7.75 Å². The number of nitrogens with one attached hydrogen (secondary N) is 1. The van der Waals surface area contributed by atoms with Gasteiger partial charge < -0.3 is 5.11 Å². The molecule has 0 radical (unpaired) electrons. The summed E-state index contributed by atoms with van der Waals surface area (Å²) in [5.74, 6) is 0.860. The molecule has 2 unspecified atom stereocenters. The fourth-order valence-electron chi connectivity index (χ4n) is 6.89. The first-order valence-electron chi connectivity index (χ1n) is 22.0. The van der Waals surface area contributed by atoms with Crippen molar-refractivity contribution >= 4 is 7.75 Å². The highest BCUT2D eigenvalue weighted by Crippen LogP contribution is 2.45. The lowest BCUT2D eigenvalue weighted by molar-refractivity contribution is 0.138. The molecule has 0 fully saturated rings. The Labute approximate surface area is 308 Å². The number of hydrogen-bond donors (Lipinski definition) is 2. The molecule has 6 nitrogen and oxygen atoms in total. The molecule has 2 N–H and O–H groups in total. The Morgan fingerprint density at radius 3 is 1.22 bits per heavy atom. The topological polar surface area (TPSA) is 71.0 Å².